The van der Waals surface area contributed by atoms with Crippen molar-refractivity contribution < 1.29 is 19.1 Å². The number of anilines is 2. The standard InChI is InChI=1S/C14H13N3O4S/c18-12(3-4-13(19)17-14-15-5-6-22-14)16-9-1-2-10-11(7-9)21-8-20-10/h1-2,5-7H,3-4,8H2,(H,16,18)(H,15,17,19). The number of nitrogens with one attached hydrogen (secondary N) is 2. The Kier molecular flexibility index (Phi) is 4.19. The Labute approximate surface area is 130 Å². The second-order valence-electron chi connectivity index (χ2n) is 4.50. The molecular formula is C14H13N3O4S. The van der Waals surface area contributed by atoms with Gasteiger partial charge in [0.1, 0.15) is 0 Å². The number of hydrogen-bond donors (Lipinski definition) is 2. The predicted molar refractivity (Wildman–Crippen MR) is 81.2 cm³/mol. The average Bonchev–Trinajstić information content (AvgIpc) is 3.15. The molecule has 0 fully saturated rings. The van der Waals surface area contributed by atoms with E-state index in [1.165, 1.54) is 11.3 Å². The first-order chi connectivity index (χ1) is 10.7. The monoisotopic (exact) mass is 319 g/mol. The minimum atomic E-state index is -0.242. The molecule has 1 aromatic carbocycles. The Morgan fingerprint density at radius 1 is 1.14 bits per heavy atom. The Bertz CT molecular complexity index is 687. The quantitative estimate of drug-likeness (QED) is 0.882. The molecule has 3 rings (SSSR count). The van der Waals surface area contributed by atoms with Crippen molar-refractivity contribution in [1.82, 2.24) is 4.98 Å². The lowest BCUT2D eigenvalue weighted by Gasteiger charge is -2.06. The third kappa shape index (κ3) is 3.53. The molecule has 1 aliphatic rings. The second kappa shape index (κ2) is 6.44. The van der Waals surface area contributed by atoms with Crippen molar-refractivity contribution in [3.63, 3.8) is 0 Å². The highest BCUT2D eigenvalue weighted by molar-refractivity contribution is 7.13. The highest BCUT2D eigenvalue weighted by Crippen LogP contribution is 2.34. The zero-order chi connectivity index (χ0) is 15.4. The molecule has 0 bridgehead atoms. The largest absolute Gasteiger partial charge is 0.454 e. The lowest BCUT2D eigenvalue weighted by Crippen LogP contribution is -2.17. The number of benzene rings is 1. The van der Waals surface area contributed by atoms with Crippen molar-refractivity contribution in [2.45, 2.75) is 12.8 Å². The summed E-state index contributed by atoms with van der Waals surface area (Å²) in [6, 6.07) is 5.14. The van der Waals surface area contributed by atoms with E-state index < -0.39 is 0 Å². The van der Waals surface area contributed by atoms with Crippen molar-refractivity contribution in [1.29, 1.82) is 0 Å². The molecule has 0 atom stereocenters. The first-order valence-corrected chi connectivity index (χ1v) is 7.47. The van der Waals surface area contributed by atoms with E-state index in [9.17, 15) is 9.59 Å². The lowest BCUT2D eigenvalue weighted by atomic mass is 10.2. The molecule has 8 heteroatoms. The molecule has 1 aromatic heterocycles. The van der Waals surface area contributed by atoms with Crippen LogP contribution in [-0.2, 0) is 9.59 Å². The summed E-state index contributed by atoms with van der Waals surface area (Å²) in [6.07, 6.45) is 1.79. The summed E-state index contributed by atoms with van der Waals surface area (Å²) in [7, 11) is 0. The van der Waals surface area contributed by atoms with E-state index in [-0.39, 0.29) is 31.4 Å². The van der Waals surface area contributed by atoms with Gasteiger partial charge in [-0.05, 0) is 12.1 Å². The van der Waals surface area contributed by atoms with Gasteiger partial charge in [-0.2, -0.15) is 0 Å². The Morgan fingerprint density at radius 3 is 2.68 bits per heavy atom. The van der Waals surface area contributed by atoms with Gasteiger partial charge in [-0.3, -0.25) is 9.59 Å². The van der Waals surface area contributed by atoms with E-state index in [0.29, 0.717) is 22.3 Å². The summed E-state index contributed by atoms with van der Waals surface area (Å²) in [4.78, 5) is 27.4. The Balaban J connectivity index is 1.47. The predicted octanol–water partition coefficient (Wildman–Crippen LogP) is 2.23. The second-order valence-corrected chi connectivity index (χ2v) is 5.40. The van der Waals surface area contributed by atoms with Crippen LogP contribution in [0.4, 0.5) is 10.8 Å². The number of amides is 2. The number of aromatic nitrogens is 1. The summed E-state index contributed by atoms with van der Waals surface area (Å²) in [5.41, 5.74) is 0.606. The number of fused-ring (bicyclic) bond motifs is 1. The smallest absolute Gasteiger partial charge is 0.231 e. The van der Waals surface area contributed by atoms with Gasteiger partial charge in [0, 0.05) is 36.2 Å². The number of thiazole rings is 1. The Morgan fingerprint density at radius 2 is 1.91 bits per heavy atom. The van der Waals surface area contributed by atoms with Crippen LogP contribution in [0.15, 0.2) is 29.8 Å². The van der Waals surface area contributed by atoms with Crippen molar-refractivity contribution in [3.05, 3.63) is 29.8 Å². The van der Waals surface area contributed by atoms with Gasteiger partial charge in [0.05, 0.1) is 0 Å². The van der Waals surface area contributed by atoms with Crippen molar-refractivity contribution >= 4 is 34.0 Å². The molecule has 0 spiro atoms. The highest BCUT2D eigenvalue weighted by Gasteiger charge is 2.14. The minimum absolute atomic E-state index is 0.0889. The van der Waals surface area contributed by atoms with E-state index >= 15 is 0 Å². The number of carbonyl (C=O) groups excluding carboxylic acids is 2. The van der Waals surface area contributed by atoms with Crippen LogP contribution in [0, 0.1) is 0 Å². The van der Waals surface area contributed by atoms with E-state index in [2.05, 4.69) is 15.6 Å². The summed E-state index contributed by atoms with van der Waals surface area (Å²) in [5, 5.41) is 7.64. The van der Waals surface area contributed by atoms with Crippen LogP contribution in [0.5, 0.6) is 11.5 Å². The number of rotatable bonds is 5. The van der Waals surface area contributed by atoms with Gasteiger partial charge in [0.25, 0.3) is 0 Å². The molecule has 2 aromatic rings. The van der Waals surface area contributed by atoms with Crippen LogP contribution in [0.1, 0.15) is 12.8 Å². The molecular weight excluding hydrogens is 306 g/mol. The van der Waals surface area contributed by atoms with Crippen molar-refractivity contribution in [3.8, 4) is 11.5 Å². The topological polar surface area (TPSA) is 89.6 Å². The fourth-order valence-corrected chi connectivity index (χ4v) is 2.44. The number of hydrogen-bond acceptors (Lipinski definition) is 6. The molecule has 7 nitrogen and oxygen atoms in total. The molecule has 0 radical (unpaired) electrons. The first kappa shape index (κ1) is 14.3. The minimum Gasteiger partial charge on any atom is -0.454 e. The maximum atomic E-state index is 11.8. The van der Waals surface area contributed by atoms with E-state index in [1.54, 1.807) is 29.8 Å². The Hall–Kier alpha value is -2.61. The zero-order valence-corrected chi connectivity index (χ0v) is 12.3. The molecule has 22 heavy (non-hydrogen) atoms. The van der Waals surface area contributed by atoms with Gasteiger partial charge in [-0.25, -0.2) is 4.98 Å². The van der Waals surface area contributed by atoms with Crippen molar-refractivity contribution in [2.75, 3.05) is 17.4 Å². The fourth-order valence-electron chi connectivity index (χ4n) is 1.89. The molecule has 0 aliphatic carbocycles. The van der Waals surface area contributed by atoms with E-state index in [0.717, 1.165) is 0 Å². The van der Waals surface area contributed by atoms with Crippen LogP contribution in [0.25, 0.3) is 0 Å². The van der Waals surface area contributed by atoms with E-state index in [1.807, 2.05) is 0 Å². The third-order valence-electron chi connectivity index (χ3n) is 2.91. The van der Waals surface area contributed by atoms with Gasteiger partial charge >= 0.3 is 0 Å². The van der Waals surface area contributed by atoms with Gasteiger partial charge in [-0.1, -0.05) is 0 Å². The third-order valence-corrected chi connectivity index (χ3v) is 3.60. The number of nitrogens with zero attached hydrogens (tertiary/aromatic N) is 1. The number of carbonyl (C=O) groups is 2. The highest BCUT2D eigenvalue weighted by atomic mass is 32.1. The molecule has 2 amide bonds. The van der Waals surface area contributed by atoms with Gasteiger partial charge in [-0.15, -0.1) is 11.3 Å². The average molecular weight is 319 g/mol. The van der Waals surface area contributed by atoms with Crippen LogP contribution >= 0.6 is 11.3 Å². The summed E-state index contributed by atoms with van der Waals surface area (Å²) < 4.78 is 10.4. The summed E-state index contributed by atoms with van der Waals surface area (Å²) in [5.74, 6) is 0.768. The molecule has 0 saturated carbocycles. The maximum absolute atomic E-state index is 11.8. The van der Waals surface area contributed by atoms with Gasteiger partial charge < -0.3 is 20.1 Å². The van der Waals surface area contributed by atoms with Crippen LogP contribution < -0.4 is 20.1 Å². The zero-order valence-electron chi connectivity index (χ0n) is 11.5. The maximum Gasteiger partial charge on any atom is 0.231 e. The van der Waals surface area contributed by atoms with Gasteiger partial charge in [0.15, 0.2) is 16.6 Å². The summed E-state index contributed by atoms with van der Waals surface area (Å²) >= 11 is 1.33. The summed E-state index contributed by atoms with van der Waals surface area (Å²) in [6.45, 7) is 0.184. The molecule has 0 unspecified atom stereocenters. The van der Waals surface area contributed by atoms with Crippen LogP contribution in [0.3, 0.4) is 0 Å². The lowest BCUT2D eigenvalue weighted by molar-refractivity contribution is -0.121. The van der Waals surface area contributed by atoms with Crippen LogP contribution in [0.2, 0.25) is 0 Å². The molecule has 2 heterocycles. The van der Waals surface area contributed by atoms with Crippen LogP contribution in [-0.4, -0.2) is 23.6 Å². The van der Waals surface area contributed by atoms with Crippen molar-refractivity contribution in [2.24, 2.45) is 0 Å². The fraction of sp³-hybridized carbons (Fsp3) is 0.214. The SMILES string of the molecule is O=C(CCC(=O)Nc1nccs1)Nc1ccc2c(c1)OCO2. The number of ether oxygens (including phenoxy) is 2. The molecule has 2 N–H and O–H groups in total. The molecule has 114 valence electrons. The normalized spacial score (nSPS) is 12.0. The molecule has 0 saturated heterocycles. The first-order valence-electron chi connectivity index (χ1n) is 6.59. The van der Waals surface area contributed by atoms with Gasteiger partial charge in [0.2, 0.25) is 18.6 Å². The molecule has 1 aliphatic heterocycles. The van der Waals surface area contributed by atoms with E-state index in [4.69, 9.17) is 9.47 Å².